The molecule has 0 aliphatic carbocycles. The van der Waals surface area contributed by atoms with E-state index in [1.54, 1.807) is 14.2 Å². The fraction of sp³-hybridized carbons (Fsp3) is 0.154. The van der Waals surface area contributed by atoms with E-state index in [0.717, 1.165) is 51.5 Å². The van der Waals surface area contributed by atoms with E-state index < -0.39 is 0 Å². The molecule has 0 fully saturated rings. The molecular weight excluding hydrogens is 386 g/mol. The monoisotopic (exact) mass is 409 g/mol. The Balaban J connectivity index is 1.71. The molecule has 0 amide bonds. The molecule has 0 radical (unpaired) electrons. The summed E-state index contributed by atoms with van der Waals surface area (Å²) in [5.74, 6) is 1.62. The molecule has 5 nitrogen and oxygen atoms in total. The molecule has 2 aliphatic rings. The van der Waals surface area contributed by atoms with Gasteiger partial charge in [0.05, 0.1) is 19.7 Å². The van der Waals surface area contributed by atoms with Crippen LogP contribution in [-0.4, -0.2) is 29.0 Å². The minimum Gasteiger partial charge on any atom is -0.497 e. The van der Waals surface area contributed by atoms with Crippen molar-refractivity contribution < 1.29 is 9.47 Å². The maximum atomic E-state index is 5.49. The topological polar surface area (TPSA) is 49.2 Å². The van der Waals surface area contributed by atoms with E-state index in [1.807, 2.05) is 36.4 Å². The Morgan fingerprint density at radius 3 is 2.29 bits per heavy atom. The largest absolute Gasteiger partial charge is 0.497 e. The third-order valence-corrected chi connectivity index (χ3v) is 5.61. The quantitative estimate of drug-likeness (QED) is 0.380. The SMILES string of the molecule is COc1ccc(-c2nnc3c4cc(OC)ccc4n(Cc4cccc(C)c4)cc2-3)cc1. The zero-order valence-electron chi connectivity index (χ0n) is 17.8. The summed E-state index contributed by atoms with van der Waals surface area (Å²) in [4.78, 5) is 0. The average Bonchev–Trinajstić information content (AvgIpc) is 3.23. The number of methoxy groups -OCH3 is 2. The van der Waals surface area contributed by atoms with E-state index in [0.29, 0.717) is 0 Å². The molecule has 5 heteroatoms. The predicted molar refractivity (Wildman–Crippen MR) is 123 cm³/mol. The number of fused-ring (bicyclic) bond motifs is 3. The number of benzene rings is 3. The lowest BCUT2D eigenvalue weighted by Crippen LogP contribution is -2.04. The number of aryl methyl sites for hydroxylation is 1. The Morgan fingerprint density at radius 1 is 0.806 bits per heavy atom. The van der Waals surface area contributed by atoms with Crippen LogP contribution in [0.3, 0.4) is 0 Å². The fourth-order valence-electron chi connectivity index (χ4n) is 4.05. The minimum absolute atomic E-state index is 0.758. The summed E-state index contributed by atoms with van der Waals surface area (Å²) in [6.07, 6.45) is 2.16. The van der Waals surface area contributed by atoms with Gasteiger partial charge in [-0.05, 0) is 55.0 Å². The number of nitrogens with zero attached hydrogens (tertiary/aromatic N) is 3. The molecule has 154 valence electrons. The third kappa shape index (κ3) is 3.48. The number of hydrogen-bond donors (Lipinski definition) is 0. The zero-order chi connectivity index (χ0) is 21.4. The molecule has 5 rings (SSSR count). The normalized spacial score (nSPS) is 11.2. The van der Waals surface area contributed by atoms with Gasteiger partial charge in [0.2, 0.25) is 0 Å². The van der Waals surface area contributed by atoms with Crippen LogP contribution in [0.1, 0.15) is 11.1 Å². The van der Waals surface area contributed by atoms with Crippen LogP contribution in [0.25, 0.3) is 33.4 Å². The second kappa shape index (κ2) is 7.76. The molecule has 0 unspecified atom stereocenters. The van der Waals surface area contributed by atoms with Gasteiger partial charge in [-0.2, -0.15) is 0 Å². The lowest BCUT2D eigenvalue weighted by molar-refractivity contribution is 0.415. The molecule has 3 aromatic rings. The van der Waals surface area contributed by atoms with E-state index in [2.05, 4.69) is 58.2 Å². The van der Waals surface area contributed by atoms with Crippen LogP contribution in [0.2, 0.25) is 0 Å². The van der Waals surface area contributed by atoms with Gasteiger partial charge in [-0.3, -0.25) is 0 Å². The Hall–Kier alpha value is -3.86. The predicted octanol–water partition coefficient (Wildman–Crippen LogP) is 5.58. The van der Waals surface area contributed by atoms with Gasteiger partial charge in [0, 0.05) is 29.3 Å². The molecule has 2 aliphatic heterocycles. The van der Waals surface area contributed by atoms with Gasteiger partial charge in [-0.15, -0.1) is 10.2 Å². The molecule has 0 aromatic heterocycles. The van der Waals surface area contributed by atoms with Crippen molar-refractivity contribution in [2.75, 3.05) is 14.2 Å². The highest BCUT2D eigenvalue weighted by molar-refractivity contribution is 5.98. The molecule has 0 bridgehead atoms. The molecule has 3 aromatic carbocycles. The van der Waals surface area contributed by atoms with Crippen molar-refractivity contribution in [3.63, 3.8) is 0 Å². The fourth-order valence-corrected chi connectivity index (χ4v) is 4.05. The van der Waals surface area contributed by atoms with E-state index in [9.17, 15) is 0 Å². The van der Waals surface area contributed by atoms with Crippen LogP contribution in [0.15, 0.2) is 72.9 Å². The average molecular weight is 409 g/mol. The summed E-state index contributed by atoms with van der Waals surface area (Å²) in [6, 6.07) is 22.6. The summed E-state index contributed by atoms with van der Waals surface area (Å²) < 4.78 is 13.1. The Morgan fingerprint density at radius 2 is 1.55 bits per heavy atom. The van der Waals surface area contributed by atoms with Crippen molar-refractivity contribution in [1.82, 2.24) is 14.8 Å². The smallest absolute Gasteiger partial charge is 0.119 e. The summed E-state index contributed by atoms with van der Waals surface area (Å²) in [6.45, 7) is 2.88. The van der Waals surface area contributed by atoms with Crippen molar-refractivity contribution in [3.05, 3.63) is 84.1 Å². The molecule has 0 saturated heterocycles. The summed E-state index contributed by atoms with van der Waals surface area (Å²) in [5, 5.41) is 10.1. The highest BCUT2D eigenvalue weighted by Gasteiger charge is 2.21. The Bertz CT molecular complexity index is 1340. The zero-order valence-corrected chi connectivity index (χ0v) is 17.8. The van der Waals surface area contributed by atoms with Crippen LogP contribution in [0.5, 0.6) is 11.5 Å². The van der Waals surface area contributed by atoms with Gasteiger partial charge in [0.1, 0.15) is 22.9 Å². The van der Waals surface area contributed by atoms with Gasteiger partial charge in [0.15, 0.2) is 0 Å². The highest BCUT2D eigenvalue weighted by Crippen LogP contribution is 2.38. The maximum Gasteiger partial charge on any atom is 0.119 e. The maximum absolute atomic E-state index is 5.49. The van der Waals surface area contributed by atoms with Gasteiger partial charge >= 0.3 is 0 Å². The van der Waals surface area contributed by atoms with Crippen LogP contribution in [0, 0.1) is 6.92 Å². The molecule has 2 heterocycles. The molecule has 0 spiro atoms. The minimum atomic E-state index is 0.758. The van der Waals surface area contributed by atoms with Gasteiger partial charge in [0.25, 0.3) is 0 Å². The van der Waals surface area contributed by atoms with Crippen LogP contribution in [0.4, 0.5) is 0 Å². The van der Waals surface area contributed by atoms with Crippen LogP contribution in [-0.2, 0) is 6.54 Å². The van der Waals surface area contributed by atoms with Gasteiger partial charge in [-0.25, -0.2) is 0 Å². The highest BCUT2D eigenvalue weighted by atomic mass is 16.5. The van der Waals surface area contributed by atoms with Crippen LogP contribution < -0.4 is 9.47 Å². The van der Waals surface area contributed by atoms with E-state index in [-0.39, 0.29) is 0 Å². The van der Waals surface area contributed by atoms with E-state index in [1.165, 1.54) is 11.1 Å². The molecule has 0 atom stereocenters. The molecule has 31 heavy (non-hydrogen) atoms. The number of rotatable bonds is 5. The van der Waals surface area contributed by atoms with Gasteiger partial charge < -0.3 is 14.0 Å². The van der Waals surface area contributed by atoms with Crippen molar-refractivity contribution in [2.45, 2.75) is 13.5 Å². The standard InChI is InChI=1S/C26H23N3O2/c1-17-5-4-6-18(13-17)15-29-16-23-25(19-7-9-20(30-2)10-8-19)27-28-26(23)22-14-21(31-3)11-12-24(22)29/h4-14,16H,15H2,1-3H3. The van der Waals surface area contributed by atoms with Crippen molar-refractivity contribution in [3.8, 4) is 34.0 Å². The van der Waals surface area contributed by atoms with Gasteiger partial charge in [-0.1, -0.05) is 29.8 Å². The first-order valence-corrected chi connectivity index (χ1v) is 10.2. The van der Waals surface area contributed by atoms with Crippen LogP contribution >= 0.6 is 0 Å². The number of hydrogen-bond acceptors (Lipinski definition) is 4. The van der Waals surface area contributed by atoms with Crippen molar-refractivity contribution in [1.29, 1.82) is 0 Å². The number of aromatic nitrogens is 3. The molecule has 0 N–H and O–H groups in total. The number of ether oxygens (including phenoxy) is 2. The summed E-state index contributed by atoms with van der Waals surface area (Å²) in [7, 11) is 3.35. The Kier molecular flexibility index (Phi) is 4.79. The van der Waals surface area contributed by atoms with Crippen molar-refractivity contribution in [2.24, 2.45) is 0 Å². The molecule has 0 saturated carbocycles. The second-order valence-corrected chi connectivity index (χ2v) is 7.67. The number of pyridine rings is 1. The summed E-state index contributed by atoms with van der Waals surface area (Å²) >= 11 is 0. The Labute approximate surface area is 181 Å². The summed E-state index contributed by atoms with van der Waals surface area (Å²) in [5.41, 5.74) is 7.35. The van der Waals surface area contributed by atoms with E-state index >= 15 is 0 Å². The first kappa shape index (κ1) is 19.1. The first-order chi connectivity index (χ1) is 15.2. The lowest BCUT2D eigenvalue weighted by Gasteiger charge is -2.16. The third-order valence-electron chi connectivity index (χ3n) is 5.61. The first-order valence-electron chi connectivity index (χ1n) is 10.2. The van der Waals surface area contributed by atoms with E-state index in [4.69, 9.17) is 9.47 Å². The lowest BCUT2D eigenvalue weighted by atomic mass is 10.0. The second-order valence-electron chi connectivity index (χ2n) is 7.67. The van der Waals surface area contributed by atoms with Crippen molar-refractivity contribution >= 4 is 10.9 Å². The molecular formula is C26H23N3O2.